The highest BCUT2D eigenvalue weighted by atomic mass is 28.4. The highest BCUT2D eigenvalue weighted by molar-refractivity contribution is 6.69. The zero-order chi connectivity index (χ0) is 15.1. The van der Waals surface area contributed by atoms with E-state index in [0.717, 1.165) is 0 Å². The topological polar surface area (TPSA) is 60.4 Å². The highest BCUT2D eigenvalue weighted by Crippen LogP contribution is 2.45. The number of hydrogen-bond acceptors (Lipinski definition) is 4. The summed E-state index contributed by atoms with van der Waals surface area (Å²) in [5.74, 6) is -1.36. The van der Waals surface area contributed by atoms with E-state index in [0.29, 0.717) is 6.42 Å². The summed E-state index contributed by atoms with van der Waals surface area (Å²) in [5.41, 5.74) is -1.36. The van der Waals surface area contributed by atoms with Crippen molar-refractivity contribution in [3.8, 4) is 0 Å². The largest absolute Gasteiger partial charge is 0.410 e. The van der Waals surface area contributed by atoms with Gasteiger partial charge in [0.05, 0.1) is 6.10 Å². The summed E-state index contributed by atoms with van der Waals surface area (Å²) >= 11 is 0. The zero-order valence-corrected chi connectivity index (χ0v) is 13.3. The van der Waals surface area contributed by atoms with Crippen LogP contribution in [-0.2, 0) is 18.8 Å². The first-order valence-electron chi connectivity index (χ1n) is 6.81. The van der Waals surface area contributed by atoms with E-state index in [2.05, 4.69) is 0 Å². The Morgan fingerprint density at radius 3 is 2.50 bits per heavy atom. The SMILES string of the molecule is CC(=O)C12C(=O)C=CC(=O)C1CC=CC2O[Si](C)(C)C. The van der Waals surface area contributed by atoms with E-state index in [1.165, 1.54) is 19.1 Å². The predicted molar refractivity (Wildman–Crippen MR) is 77.7 cm³/mol. The van der Waals surface area contributed by atoms with Crippen molar-refractivity contribution in [1.82, 2.24) is 0 Å². The maximum atomic E-state index is 12.5. The molecule has 5 heteroatoms. The number of Topliss-reactive ketones (excluding diaryl/α,β-unsaturated/α-hetero) is 1. The zero-order valence-electron chi connectivity index (χ0n) is 12.3. The molecule has 2 aliphatic carbocycles. The van der Waals surface area contributed by atoms with Gasteiger partial charge in [-0.2, -0.15) is 0 Å². The van der Waals surface area contributed by atoms with E-state index in [4.69, 9.17) is 4.43 Å². The average Bonchev–Trinajstić information content (AvgIpc) is 2.31. The normalized spacial score (nSPS) is 33.2. The van der Waals surface area contributed by atoms with Gasteiger partial charge in [-0.25, -0.2) is 0 Å². The van der Waals surface area contributed by atoms with Crippen molar-refractivity contribution in [1.29, 1.82) is 0 Å². The lowest BCUT2D eigenvalue weighted by molar-refractivity contribution is -0.153. The van der Waals surface area contributed by atoms with Crippen LogP contribution < -0.4 is 0 Å². The Hall–Kier alpha value is -1.33. The number of carbonyl (C=O) groups is 3. The van der Waals surface area contributed by atoms with Crippen LogP contribution in [0.5, 0.6) is 0 Å². The Kier molecular flexibility index (Phi) is 3.69. The van der Waals surface area contributed by atoms with Crippen LogP contribution in [-0.4, -0.2) is 31.8 Å². The molecular formula is C15H20O4Si. The summed E-state index contributed by atoms with van der Waals surface area (Å²) in [6.45, 7) is 7.40. The van der Waals surface area contributed by atoms with Gasteiger partial charge in [-0.15, -0.1) is 0 Å². The molecule has 3 unspecified atom stereocenters. The van der Waals surface area contributed by atoms with Crippen LogP contribution in [0.3, 0.4) is 0 Å². The second kappa shape index (κ2) is 4.89. The summed E-state index contributed by atoms with van der Waals surface area (Å²) in [7, 11) is -1.96. The van der Waals surface area contributed by atoms with Crippen LogP contribution in [0.1, 0.15) is 13.3 Å². The molecule has 0 aromatic heterocycles. The van der Waals surface area contributed by atoms with Crippen molar-refractivity contribution in [3.05, 3.63) is 24.3 Å². The third kappa shape index (κ3) is 2.25. The first-order chi connectivity index (χ1) is 9.19. The van der Waals surface area contributed by atoms with Crippen LogP contribution >= 0.6 is 0 Å². The Labute approximate surface area is 120 Å². The van der Waals surface area contributed by atoms with Gasteiger partial charge in [0, 0.05) is 5.92 Å². The first kappa shape index (κ1) is 15.1. The lowest BCUT2D eigenvalue weighted by Gasteiger charge is -2.45. The summed E-state index contributed by atoms with van der Waals surface area (Å²) in [6.07, 6.45) is 5.94. The van der Waals surface area contributed by atoms with Crippen LogP contribution in [0.25, 0.3) is 0 Å². The molecular weight excluding hydrogens is 272 g/mol. The molecule has 0 saturated heterocycles. The van der Waals surface area contributed by atoms with Crippen LogP contribution in [0, 0.1) is 11.3 Å². The summed E-state index contributed by atoms with van der Waals surface area (Å²) in [5, 5.41) is 0. The second-order valence-electron chi connectivity index (χ2n) is 6.39. The highest BCUT2D eigenvalue weighted by Gasteiger charge is 2.59. The van der Waals surface area contributed by atoms with Crippen molar-refractivity contribution >= 4 is 25.7 Å². The van der Waals surface area contributed by atoms with Gasteiger partial charge < -0.3 is 4.43 Å². The fourth-order valence-electron chi connectivity index (χ4n) is 3.07. The van der Waals surface area contributed by atoms with E-state index in [1.807, 2.05) is 25.7 Å². The maximum Gasteiger partial charge on any atom is 0.184 e. The summed E-state index contributed by atoms with van der Waals surface area (Å²) < 4.78 is 6.06. The summed E-state index contributed by atoms with van der Waals surface area (Å²) in [6, 6.07) is 0. The monoisotopic (exact) mass is 292 g/mol. The van der Waals surface area contributed by atoms with E-state index in [1.54, 1.807) is 6.08 Å². The van der Waals surface area contributed by atoms with E-state index >= 15 is 0 Å². The van der Waals surface area contributed by atoms with Gasteiger partial charge in [0.2, 0.25) is 0 Å². The second-order valence-corrected chi connectivity index (χ2v) is 10.9. The van der Waals surface area contributed by atoms with Gasteiger partial charge in [0.1, 0.15) is 11.2 Å². The van der Waals surface area contributed by atoms with Gasteiger partial charge >= 0.3 is 0 Å². The maximum absolute atomic E-state index is 12.5. The molecule has 0 spiro atoms. The number of hydrogen-bond donors (Lipinski definition) is 0. The van der Waals surface area contributed by atoms with Gasteiger partial charge in [-0.05, 0) is 45.1 Å². The predicted octanol–water partition coefficient (Wildman–Crippen LogP) is 2.07. The number of ketones is 3. The average molecular weight is 292 g/mol. The Balaban J connectivity index is 2.57. The minimum Gasteiger partial charge on any atom is -0.410 e. The number of rotatable bonds is 3. The minimum absolute atomic E-state index is 0.159. The minimum atomic E-state index is -1.96. The van der Waals surface area contributed by atoms with Crippen molar-refractivity contribution in [2.75, 3.05) is 0 Å². The summed E-state index contributed by atoms with van der Waals surface area (Å²) in [4.78, 5) is 36.9. The third-order valence-corrected chi connectivity index (χ3v) is 4.86. The number of allylic oxidation sites excluding steroid dienone is 3. The van der Waals surface area contributed by atoms with Crippen LogP contribution in [0.4, 0.5) is 0 Å². The van der Waals surface area contributed by atoms with Crippen LogP contribution in [0.15, 0.2) is 24.3 Å². The van der Waals surface area contributed by atoms with Crippen molar-refractivity contribution in [2.24, 2.45) is 11.3 Å². The molecule has 0 saturated carbocycles. The number of carbonyl (C=O) groups excluding carboxylic acids is 3. The third-order valence-electron chi connectivity index (χ3n) is 3.89. The lowest BCUT2D eigenvalue weighted by atomic mass is 9.59. The molecule has 20 heavy (non-hydrogen) atoms. The van der Waals surface area contributed by atoms with E-state index in [9.17, 15) is 14.4 Å². The molecule has 2 rings (SSSR count). The molecule has 108 valence electrons. The standard InChI is InChI=1S/C15H20O4Si/c1-10(16)15-11(12(17)8-9-13(15)18)6-5-7-14(15)19-20(2,3)4/h5,7-9,11,14H,6H2,1-4H3. The first-order valence-corrected chi connectivity index (χ1v) is 10.2. The van der Waals surface area contributed by atoms with Gasteiger partial charge in [-0.3, -0.25) is 14.4 Å². The number of fused-ring (bicyclic) bond motifs is 1. The quantitative estimate of drug-likeness (QED) is 0.454. The van der Waals surface area contributed by atoms with E-state index < -0.39 is 25.8 Å². The van der Waals surface area contributed by atoms with Gasteiger partial charge in [0.15, 0.2) is 19.9 Å². The Morgan fingerprint density at radius 2 is 1.95 bits per heavy atom. The van der Waals surface area contributed by atoms with Gasteiger partial charge in [0.25, 0.3) is 0 Å². The molecule has 0 N–H and O–H groups in total. The fourth-order valence-corrected chi connectivity index (χ4v) is 4.10. The molecule has 0 aromatic rings. The molecule has 2 aliphatic rings. The van der Waals surface area contributed by atoms with Crippen molar-refractivity contribution < 1.29 is 18.8 Å². The Bertz CT molecular complexity index is 526. The van der Waals surface area contributed by atoms with Crippen LogP contribution in [0.2, 0.25) is 19.6 Å². The molecule has 3 atom stereocenters. The molecule has 0 amide bonds. The molecule has 0 heterocycles. The molecule has 0 radical (unpaired) electrons. The molecule has 4 nitrogen and oxygen atoms in total. The van der Waals surface area contributed by atoms with Crippen molar-refractivity contribution in [3.63, 3.8) is 0 Å². The fraction of sp³-hybridized carbons (Fsp3) is 0.533. The lowest BCUT2D eigenvalue weighted by Crippen LogP contribution is -2.59. The molecule has 0 aromatic carbocycles. The molecule has 0 fully saturated rings. The van der Waals surface area contributed by atoms with E-state index in [-0.39, 0.29) is 17.3 Å². The molecule has 0 bridgehead atoms. The Morgan fingerprint density at radius 1 is 1.30 bits per heavy atom. The van der Waals surface area contributed by atoms with Gasteiger partial charge in [-0.1, -0.05) is 12.2 Å². The van der Waals surface area contributed by atoms with Crippen molar-refractivity contribution in [2.45, 2.75) is 39.1 Å². The molecule has 0 aliphatic heterocycles. The smallest absolute Gasteiger partial charge is 0.184 e.